The molecule has 0 radical (unpaired) electrons. The van der Waals surface area contributed by atoms with E-state index in [1.807, 2.05) is 18.2 Å². The summed E-state index contributed by atoms with van der Waals surface area (Å²) in [4.78, 5) is 31.2. The molecule has 3 aromatic carbocycles. The number of para-hydroxylation sites is 1. The van der Waals surface area contributed by atoms with E-state index in [9.17, 15) is 14.9 Å². The van der Waals surface area contributed by atoms with Gasteiger partial charge in [-0.1, -0.05) is 48.5 Å². The van der Waals surface area contributed by atoms with Crippen LogP contribution in [0.4, 0.5) is 11.6 Å². The molecule has 2 unspecified atom stereocenters. The van der Waals surface area contributed by atoms with E-state index >= 15 is 0 Å². The average Bonchev–Trinajstić information content (AvgIpc) is 3.29. The van der Waals surface area contributed by atoms with Crippen LogP contribution in [0.2, 0.25) is 0 Å². The number of hydrogen-bond donors (Lipinski definition) is 3. The van der Waals surface area contributed by atoms with Gasteiger partial charge in [-0.05, 0) is 55.1 Å². The number of benzene rings is 3. The lowest BCUT2D eigenvalue weighted by atomic mass is 9.77. The SMILES string of the molecule is O=C(Nc1nc2c(C(c3ccccc3)C3CCCNC3)cccc2[nH]1)c1cccc([N+](=O)[O-])c1. The maximum absolute atomic E-state index is 12.8. The fourth-order valence-corrected chi connectivity index (χ4v) is 4.83. The average molecular weight is 456 g/mol. The molecule has 0 aliphatic carbocycles. The van der Waals surface area contributed by atoms with Crippen molar-refractivity contribution < 1.29 is 9.72 Å². The number of nitro benzene ring substituents is 1. The highest BCUT2D eigenvalue weighted by molar-refractivity contribution is 6.04. The van der Waals surface area contributed by atoms with Crippen molar-refractivity contribution in [2.24, 2.45) is 5.92 Å². The summed E-state index contributed by atoms with van der Waals surface area (Å²) in [5.74, 6) is 0.454. The molecule has 5 rings (SSSR count). The molecule has 0 spiro atoms. The third kappa shape index (κ3) is 4.40. The van der Waals surface area contributed by atoms with Gasteiger partial charge in [0.25, 0.3) is 11.6 Å². The number of aromatic nitrogens is 2. The lowest BCUT2D eigenvalue weighted by Gasteiger charge is -2.31. The third-order valence-corrected chi connectivity index (χ3v) is 6.40. The molecule has 1 fully saturated rings. The van der Waals surface area contributed by atoms with Crippen molar-refractivity contribution in [1.82, 2.24) is 15.3 Å². The Hall–Kier alpha value is -4.04. The van der Waals surface area contributed by atoms with Crippen molar-refractivity contribution in [3.63, 3.8) is 0 Å². The number of aromatic amines is 1. The number of anilines is 1. The Morgan fingerprint density at radius 3 is 2.68 bits per heavy atom. The first-order valence-electron chi connectivity index (χ1n) is 11.4. The van der Waals surface area contributed by atoms with E-state index in [0.717, 1.165) is 42.5 Å². The van der Waals surface area contributed by atoms with Crippen LogP contribution in [-0.2, 0) is 0 Å². The second-order valence-electron chi connectivity index (χ2n) is 8.59. The van der Waals surface area contributed by atoms with E-state index in [1.165, 1.54) is 29.8 Å². The number of imidazole rings is 1. The normalized spacial score (nSPS) is 16.8. The number of rotatable bonds is 6. The number of carbonyl (C=O) groups excluding carboxylic acids is 1. The second-order valence-corrected chi connectivity index (χ2v) is 8.59. The highest BCUT2D eigenvalue weighted by atomic mass is 16.6. The number of amides is 1. The summed E-state index contributed by atoms with van der Waals surface area (Å²) in [5.41, 5.74) is 4.07. The number of piperidine rings is 1. The van der Waals surface area contributed by atoms with E-state index < -0.39 is 10.8 Å². The maximum Gasteiger partial charge on any atom is 0.270 e. The van der Waals surface area contributed by atoms with Crippen LogP contribution in [0.3, 0.4) is 0 Å². The molecule has 1 saturated heterocycles. The van der Waals surface area contributed by atoms with Crippen LogP contribution in [0.5, 0.6) is 0 Å². The summed E-state index contributed by atoms with van der Waals surface area (Å²) in [5, 5.41) is 17.3. The molecule has 2 heterocycles. The van der Waals surface area contributed by atoms with E-state index in [2.05, 4.69) is 45.9 Å². The number of nitrogens with zero attached hydrogens (tertiary/aromatic N) is 2. The van der Waals surface area contributed by atoms with Gasteiger partial charge in [-0.3, -0.25) is 20.2 Å². The molecule has 1 amide bonds. The van der Waals surface area contributed by atoms with Crippen LogP contribution in [0.15, 0.2) is 72.8 Å². The molecule has 8 nitrogen and oxygen atoms in total. The van der Waals surface area contributed by atoms with Crippen molar-refractivity contribution in [3.8, 4) is 0 Å². The number of nitrogens with one attached hydrogen (secondary N) is 3. The van der Waals surface area contributed by atoms with Crippen LogP contribution >= 0.6 is 0 Å². The third-order valence-electron chi connectivity index (χ3n) is 6.40. The zero-order valence-electron chi connectivity index (χ0n) is 18.5. The molecule has 8 heteroatoms. The quantitative estimate of drug-likeness (QED) is 0.284. The Morgan fingerprint density at radius 1 is 1.09 bits per heavy atom. The second kappa shape index (κ2) is 9.44. The summed E-state index contributed by atoms with van der Waals surface area (Å²) < 4.78 is 0. The lowest BCUT2D eigenvalue weighted by Crippen LogP contribution is -2.33. The number of H-pyrrole nitrogens is 1. The summed E-state index contributed by atoms with van der Waals surface area (Å²) in [6, 6.07) is 22.2. The lowest BCUT2D eigenvalue weighted by molar-refractivity contribution is -0.384. The molecular formula is C26H25N5O3. The molecule has 2 atom stereocenters. The Balaban J connectivity index is 1.50. The zero-order valence-corrected chi connectivity index (χ0v) is 18.5. The first-order valence-corrected chi connectivity index (χ1v) is 11.4. The van der Waals surface area contributed by atoms with Crippen LogP contribution < -0.4 is 10.6 Å². The smallest absolute Gasteiger partial charge is 0.270 e. The van der Waals surface area contributed by atoms with Gasteiger partial charge in [0.15, 0.2) is 0 Å². The number of fused-ring (bicyclic) bond motifs is 1. The Labute approximate surface area is 196 Å². The van der Waals surface area contributed by atoms with Crippen LogP contribution in [0, 0.1) is 16.0 Å². The number of non-ortho nitro benzene ring substituents is 1. The van der Waals surface area contributed by atoms with E-state index in [0.29, 0.717) is 11.9 Å². The molecule has 1 aliphatic rings. The van der Waals surface area contributed by atoms with E-state index in [4.69, 9.17) is 4.98 Å². The van der Waals surface area contributed by atoms with Gasteiger partial charge in [-0.2, -0.15) is 0 Å². The van der Waals surface area contributed by atoms with Gasteiger partial charge in [-0.15, -0.1) is 0 Å². The first kappa shape index (κ1) is 21.8. The van der Waals surface area contributed by atoms with Crippen molar-refractivity contribution in [2.45, 2.75) is 18.8 Å². The molecule has 0 saturated carbocycles. The largest absolute Gasteiger partial charge is 0.324 e. The summed E-state index contributed by atoms with van der Waals surface area (Å²) in [6.07, 6.45) is 2.26. The van der Waals surface area contributed by atoms with Gasteiger partial charge in [-0.25, -0.2) is 4.98 Å². The van der Waals surface area contributed by atoms with Crippen LogP contribution in [0.25, 0.3) is 11.0 Å². The fraction of sp³-hybridized carbons (Fsp3) is 0.231. The highest BCUT2D eigenvalue weighted by Crippen LogP contribution is 2.38. The molecule has 1 aromatic heterocycles. The topological polar surface area (TPSA) is 113 Å². The zero-order chi connectivity index (χ0) is 23.5. The van der Waals surface area contributed by atoms with Crippen molar-refractivity contribution in [1.29, 1.82) is 0 Å². The van der Waals surface area contributed by atoms with Gasteiger partial charge in [0.05, 0.1) is 16.0 Å². The number of hydrogen-bond acceptors (Lipinski definition) is 5. The standard InChI is InChI=1S/C26H25N5O3/c32-25(18-9-4-11-20(15-18)31(33)34)30-26-28-22-13-5-12-21(24(22)29-26)23(17-7-2-1-3-8-17)19-10-6-14-27-16-19/h1-5,7-9,11-13,15,19,23,27H,6,10,14,16H2,(H2,28,29,30,32). The van der Waals surface area contributed by atoms with Crippen LogP contribution in [-0.4, -0.2) is 33.9 Å². The fourth-order valence-electron chi connectivity index (χ4n) is 4.83. The predicted molar refractivity (Wildman–Crippen MR) is 131 cm³/mol. The van der Waals surface area contributed by atoms with Crippen LogP contribution in [0.1, 0.15) is 40.2 Å². The minimum absolute atomic E-state index is 0.133. The number of carbonyl (C=O) groups is 1. The van der Waals surface area contributed by atoms with Gasteiger partial charge < -0.3 is 10.3 Å². The molecule has 4 aromatic rings. The summed E-state index contributed by atoms with van der Waals surface area (Å²) in [6.45, 7) is 1.98. The number of nitro groups is 1. The molecule has 0 bridgehead atoms. The van der Waals surface area contributed by atoms with Crippen molar-refractivity contribution >= 4 is 28.6 Å². The minimum atomic E-state index is -0.520. The monoisotopic (exact) mass is 455 g/mol. The Morgan fingerprint density at radius 2 is 1.91 bits per heavy atom. The first-order chi connectivity index (χ1) is 16.6. The molecule has 34 heavy (non-hydrogen) atoms. The van der Waals surface area contributed by atoms with E-state index in [-0.39, 0.29) is 17.2 Å². The molecule has 1 aliphatic heterocycles. The minimum Gasteiger partial charge on any atom is -0.324 e. The predicted octanol–water partition coefficient (Wildman–Crippen LogP) is 4.85. The summed E-state index contributed by atoms with van der Waals surface area (Å²) in [7, 11) is 0. The van der Waals surface area contributed by atoms with Crippen molar-refractivity contribution in [3.05, 3.63) is 99.6 Å². The van der Waals surface area contributed by atoms with Gasteiger partial charge in [0, 0.05) is 23.6 Å². The highest BCUT2D eigenvalue weighted by Gasteiger charge is 2.28. The van der Waals surface area contributed by atoms with E-state index in [1.54, 1.807) is 0 Å². The summed E-state index contributed by atoms with van der Waals surface area (Å²) >= 11 is 0. The Kier molecular flexibility index (Phi) is 6.05. The maximum atomic E-state index is 12.8. The van der Waals surface area contributed by atoms with Gasteiger partial charge in [0.1, 0.15) is 0 Å². The van der Waals surface area contributed by atoms with Gasteiger partial charge in [0.2, 0.25) is 5.95 Å². The molecule has 172 valence electrons. The Bertz CT molecular complexity index is 1330. The van der Waals surface area contributed by atoms with Gasteiger partial charge >= 0.3 is 0 Å². The molecule has 3 N–H and O–H groups in total. The molecular weight excluding hydrogens is 430 g/mol. The van der Waals surface area contributed by atoms with Crippen molar-refractivity contribution in [2.75, 3.05) is 18.4 Å².